The first-order chi connectivity index (χ1) is 13.8. The molecule has 0 saturated carbocycles. The lowest BCUT2D eigenvalue weighted by molar-refractivity contribution is 0.0950. The van der Waals surface area contributed by atoms with Crippen LogP contribution in [0.3, 0.4) is 0 Å². The Morgan fingerprint density at radius 3 is 2.14 bits per heavy atom. The highest BCUT2D eigenvalue weighted by Crippen LogP contribution is 2.38. The number of nitrogens with one attached hydrogen (secondary N) is 2. The van der Waals surface area contributed by atoms with Gasteiger partial charge in [-0.15, -0.1) is 0 Å². The van der Waals surface area contributed by atoms with Crippen LogP contribution in [0.15, 0.2) is 35.2 Å². The summed E-state index contributed by atoms with van der Waals surface area (Å²) in [6.45, 7) is 3.90. The lowest BCUT2D eigenvalue weighted by atomic mass is 10.1. The average molecular weight is 423 g/mol. The SMILES string of the molecule is CCNS(=O)(=O)c1ccc(C)c(C(=O)NCc2cc(OC)c(OC)c(OC)c2)c1. The lowest BCUT2D eigenvalue weighted by Crippen LogP contribution is -2.26. The molecular formula is C20H26N2O6S. The van der Waals surface area contributed by atoms with E-state index in [4.69, 9.17) is 14.2 Å². The number of sulfonamides is 1. The fourth-order valence-corrected chi connectivity index (χ4v) is 3.87. The molecule has 2 N–H and O–H groups in total. The monoisotopic (exact) mass is 422 g/mol. The first-order valence-corrected chi connectivity index (χ1v) is 10.4. The summed E-state index contributed by atoms with van der Waals surface area (Å²) in [5, 5.41) is 2.80. The Morgan fingerprint density at radius 1 is 1.00 bits per heavy atom. The largest absolute Gasteiger partial charge is 0.493 e. The van der Waals surface area contributed by atoms with Crippen molar-refractivity contribution in [1.29, 1.82) is 0 Å². The third-order valence-corrected chi connectivity index (χ3v) is 5.82. The van der Waals surface area contributed by atoms with E-state index in [9.17, 15) is 13.2 Å². The van der Waals surface area contributed by atoms with E-state index in [1.165, 1.54) is 33.5 Å². The van der Waals surface area contributed by atoms with Gasteiger partial charge >= 0.3 is 0 Å². The molecule has 0 aliphatic rings. The maximum Gasteiger partial charge on any atom is 0.251 e. The summed E-state index contributed by atoms with van der Waals surface area (Å²) < 4.78 is 42.8. The van der Waals surface area contributed by atoms with Crippen LogP contribution < -0.4 is 24.2 Å². The summed E-state index contributed by atoms with van der Waals surface area (Å²) in [7, 11) is 0.886. The van der Waals surface area contributed by atoms with Crippen molar-refractivity contribution in [3.05, 3.63) is 47.0 Å². The van der Waals surface area contributed by atoms with E-state index >= 15 is 0 Å². The van der Waals surface area contributed by atoms with Crippen LogP contribution >= 0.6 is 0 Å². The molecule has 0 fully saturated rings. The summed E-state index contributed by atoms with van der Waals surface area (Å²) in [6, 6.07) is 7.93. The molecule has 2 aromatic carbocycles. The molecule has 0 atom stereocenters. The molecule has 9 heteroatoms. The average Bonchev–Trinajstić information content (AvgIpc) is 2.71. The van der Waals surface area contributed by atoms with Gasteiger partial charge in [-0.3, -0.25) is 4.79 Å². The van der Waals surface area contributed by atoms with E-state index < -0.39 is 10.0 Å². The van der Waals surface area contributed by atoms with Crippen LogP contribution in [-0.2, 0) is 16.6 Å². The van der Waals surface area contributed by atoms with Gasteiger partial charge in [-0.25, -0.2) is 13.1 Å². The third kappa shape index (κ3) is 5.18. The van der Waals surface area contributed by atoms with Crippen molar-refractivity contribution < 1.29 is 27.4 Å². The van der Waals surface area contributed by atoms with Crippen LogP contribution in [0.5, 0.6) is 17.2 Å². The van der Waals surface area contributed by atoms with Crippen LogP contribution in [0.1, 0.15) is 28.4 Å². The van der Waals surface area contributed by atoms with Gasteiger partial charge in [0.05, 0.1) is 26.2 Å². The molecule has 0 aliphatic carbocycles. The van der Waals surface area contributed by atoms with Gasteiger partial charge in [0, 0.05) is 18.7 Å². The third-order valence-electron chi connectivity index (χ3n) is 4.28. The fourth-order valence-electron chi connectivity index (χ4n) is 2.80. The highest BCUT2D eigenvalue weighted by Gasteiger charge is 2.18. The van der Waals surface area contributed by atoms with E-state index in [0.29, 0.717) is 22.8 Å². The van der Waals surface area contributed by atoms with E-state index in [1.54, 1.807) is 32.0 Å². The smallest absolute Gasteiger partial charge is 0.251 e. The molecule has 0 aliphatic heterocycles. The zero-order valence-corrected chi connectivity index (χ0v) is 18.0. The molecule has 0 unspecified atom stereocenters. The molecule has 2 rings (SSSR count). The van der Waals surface area contributed by atoms with Crippen molar-refractivity contribution in [3.63, 3.8) is 0 Å². The predicted molar refractivity (Wildman–Crippen MR) is 109 cm³/mol. The van der Waals surface area contributed by atoms with Gasteiger partial charge in [0.1, 0.15) is 0 Å². The number of aryl methyl sites for hydroxylation is 1. The van der Waals surface area contributed by atoms with Crippen LogP contribution in [-0.4, -0.2) is 42.2 Å². The number of benzene rings is 2. The highest BCUT2D eigenvalue weighted by atomic mass is 32.2. The Labute approximate surface area is 171 Å². The minimum absolute atomic E-state index is 0.0443. The molecule has 158 valence electrons. The quantitative estimate of drug-likeness (QED) is 0.643. The number of carbonyl (C=O) groups is 1. The summed E-state index contributed by atoms with van der Waals surface area (Å²) in [6.07, 6.45) is 0. The second-order valence-electron chi connectivity index (χ2n) is 6.19. The van der Waals surface area contributed by atoms with Gasteiger partial charge in [0.25, 0.3) is 5.91 Å². The van der Waals surface area contributed by atoms with Gasteiger partial charge in [-0.2, -0.15) is 0 Å². The van der Waals surface area contributed by atoms with Gasteiger partial charge in [0.15, 0.2) is 11.5 Å². The van der Waals surface area contributed by atoms with Crippen LogP contribution in [0.25, 0.3) is 0 Å². The Balaban J connectivity index is 2.26. The molecule has 29 heavy (non-hydrogen) atoms. The first-order valence-electron chi connectivity index (χ1n) is 8.94. The number of methoxy groups -OCH3 is 3. The highest BCUT2D eigenvalue weighted by molar-refractivity contribution is 7.89. The Kier molecular flexibility index (Phi) is 7.46. The Hall–Kier alpha value is -2.78. The van der Waals surface area contributed by atoms with Gasteiger partial charge in [-0.05, 0) is 42.3 Å². The topological polar surface area (TPSA) is 103 Å². The zero-order valence-electron chi connectivity index (χ0n) is 17.2. The van der Waals surface area contributed by atoms with Crippen molar-refractivity contribution in [2.24, 2.45) is 0 Å². The Morgan fingerprint density at radius 2 is 1.62 bits per heavy atom. The summed E-state index contributed by atoms with van der Waals surface area (Å²) in [4.78, 5) is 12.7. The van der Waals surface area contributed by atoms with Gasteiger partial charge in [-0.1, -0.05) is 13.0 Å². The predicted octanol–water partition coefficient (Wildman–Crippen LogP) is 2.25. The van der Waals surface area contributed by atoms with Crippen LogP contribution in [0.2, 0.25) is 0 Å². The van der Waals surface area contributed by atoms with Crippen LogP contribution in [0, 0.1) is 6.92 Å². The molecular weight excluding hydrogens is 396 g/mol. The van der Waals surface area contributed by atoms with Crippen molar-refractivity contribution in [1.82, 2.24) is 10.0 Å². The number of amides is 1. The minimum Gasteiger partial charge on any atom is -0.493 e. The normalized spacial score (nSPS) is 11.1. The van der Waals surface area contributed by atoms with E-state index in [2.05, 4.69) is 10.0 Å². The second-order valence-corrected chi connectivity index (χ2v) is 7.96. The fraction of sp³-hybridized carbons (Fsp3) is 0.350. The zero-order chi connectivity index (χ0) is 21.6. The summed E-state index contributed by atoms with van der Waals surface area (Å²) in [5.74, 6) is 1.03. The lowest BCUT2D eigenvalue weighted by Gasteiger charge is -2.15. The van der Waals surface area contributed by atoms with E-state index in [1.807, 2.05) is 0 Å². The second kappa shape index (κ2) is 9.62. The molecule has 0 radical (unpaired) electrons. The minimum atomic E-state index is -3.65. The van der Waals surface area contributed by atoms with E-state index in [0.717, 1.165) is 5.56 Å². The van der Waals surface area contributed by atoms with Crippen molar-refractivity contribution in [2.75, 3.05) is 27.9 Å². The number of hydrogen-bond acceptors (Lipinski definition) is 6. The molecule has 0 heterocycles. The molecule has 2 aromatic rings. The summed E-state index contributed by atoms with van der Waals surface area (Å²) in [5.41, 5.74) is 1.70. The van der Waals surface area contributed by atoms with E-state index in [-0.39, 0.29) is 29.5 Å². The number of hydrogen-bond donors (Lipinski definition) is 2. The molecule has 0 bridgehead atoms. The number of rotatable bonds is 9. The Bertz CT molecular complexity index is 963. The molecule has 0 spiro atoms. The maximum absolute atomic E-state index is 12.7. The standard InChI is InChI=1S/C20H26N2O6S/c1-6-22-29(24,25)15-8-7-13(2)16(11-15)20(23)21-12-14-9-17(26-3)19(28-5)18(10-14)27-4/h7-11,22H,6,12H2,1-5H3,(H,21,23). The molecule has 8 nitrogen and oxygen atoms in total. The first kappa shape index (κ1) is 22.5. The molecule has 0 saturated heterocycles. The molecule has 0 aromatic heterocycles. The van der Waals surface area contributed by atoms with Crippen molar-refractivity contribution in [2.45, 2.75) is 25.3 Å². The van der Waals surface area contributed by atoms with Crippen molar-refractivity contribution in [3.8, 4) is 17.2 Å². The van der Waals surface area contributed by atoms with Gasteiger partial charge < -0.3 is 19.5 Å². The van der Waals surface area contributed by atoms with Crippen LogP contribution in [0.4, 0.5) is 0 Å². The maximum atomic E-state index is 12.7. The number of carbonyl (C=O) groups excluding carboxylic acids is 1. The summed E-state index contributed by atoms with van der Waals surface area (Å²) >= 11 is 0. The van der Waals surface area contributed by atoms with Gasteiger partial charge in [0.2, 0.25) is 15.8 Å². The van der Waals surface area contributed by atoms with Crippen molar-refractivity contribution >= 4 is 15.9 Å². The number of ether oxygens (including phenoxy) is 3. The molecule has 1 amide bonds.